The van der Waals surface area contributed by atoms with Gasteiger partial charge in [-0.25, -0.2) is 4.98 Å². The molecule has 0 radical (unpaired) electrons. The van der Waals surface area contributed by atoms with Gasteiger partial charge in [0.1, 0.15) is 11.4 Å². The summed E-state index contributed by atoms with van der Waals surface area (Å²) < 4.78 is 38.9. The zero-order valence-corrected chi connectivity index (χ0v) is 17.3. The van der Waals surface area contributed by atoms with E-state index in [4.69, 9.17) is 4.84 Å². The van der Waals surface area contributed by atoms with Gasteiger partial charge in [-0.3, -0.25) is 14.7 Å². The van der Waals surface area contributed by atoms with Crippen LogP contribution in [-0.2, 0) is 11.0 Å². The average Bonchev–Trinajstić information content (AvgIpc) is 3.18. The number of pyridine rings is 1. The summed E-state index contributed by atoms with van der Waals surface area (Å²) >= 11 is 0. The quantitative estimate of drug-likeness (QED) is 0.597. The third kappa shape index (κ3) is 5.00. The van der Waals surface area contributed by atoms with Crippen LogP contribution < -0.4 is 20.6 Å². The Bertz CT molecular complexity index is 954. The van der Waals surface area contributed by atoms with Gasteiger partial charge in [0.25, 0.3) is 5.91 Å². The van der Waals surface area contributed by atoms with Crippen LogP contribution in [0.2, 0.25) is 0 Å². The molecule has 1 aromatic heterocycles. The Morgan fingerprint density at radius 1 is 1.32 bits per heavy atom. The minimum atomic E-state index is -4.66. The first-order chi connectivity index (χ1) is 14.6. The molecule has 11 heteroatoms. The first-order valence-electron chi connectivity index (χ1n) is 9.56. The van der Waals surface area contributed by atoms with Crippen molar-refractivity contribution in [3.05, 3.63) is 41.7 Å². The Labute approximate surface area is 177 Å². The molecule has 1 aliphatic heterocycles. The van der Waals surface area contributed by atoms with E-state index in [1.54, 1.807) is 26.2 Å². The number of nitrogens with zero attached hydrogens (tertiary/aromatic N) is 3. The number of β-amino-alcohol motifs (C(OH)–C–C–N with tert-alkyl or cyclic N) is 1. The lowest BCUT2D eigenvalue weighted by molar-refractivity contribution is -0.141. The van der Waals surface area contributed by atoms with E-state index in [0.29, 0.717) is 42.3 Å². The number of aromatic nitrogens is 1. The normalized spacial score (nSPS) is 16.4. The molecule has 0 saturated carbocycles. The van der Waals surface area contributed by atoms with Crippen molar-refractivity contribution in [1.29, 1.82) is 0 Å². The molecule has 0 unspecified atom stereocenters. The number of aliphatic hydroxyl groups excluding tert-OH is 1. The fraction of sp³-hybridized carbons (Fsp3) is 0.400. The highest BCUT2D eigenvalue weighted by Crippen LogP contribution is 2.39. The van der Waals surface area contributed by atoms with Crippen LogP contribution in [-0.4, -0.2) is 56.4 Å². The highest BCUT2D eigenvalue weighted by Gasteiger charge is 2.33. The molecule has 8 nitrogen and oxygen atoms in total. The number of anilines is 4. The maximum Gasteiger partial charge on any atom is 0.433 e. The van der Waals surface area contributed by atoms with Gasteiger partial charge < -0.3 is 20.6 Å². The van der Waals surface area contributed by atoms with E-state index in [1.165, 1.54) is 18.2 Å². The molecule has 168 valence electrons. The molecule has 3 rings (SSSR count). The van der Waals surface area contributed by atoms with Crippen molar-refractivity contribution in [2.75, 3.05) is 54.9 Å². The smallest absolute Gasteiger partial charge is 0.391 e. The summed E-state index contributed by atoms with van der Waals surface area (Å²) in [5.41, 5.74) is 0.775. The Morgan fingerprint density at radius 2 is 2.06 bits per heavy atom. The molecule has 31 heavy (non-hydrogen) atoms. The lowest BCUT2D eigenvalue weighted by atomic mass is 10.1. The molecule has 0 bridgehead atoms. The third-order valence-electron chi connectivity index (χ3n) is 5.02. The summed E-state index contributed by atoms with van der Waals surface area (Å²) in [7, 11) is 4.89. The first kappa shape index (κ1) is 22.6. The number of carbonyl (C=O) groups is 1. The van der Waals surface area contributed by atoms with Gasteiger partial charge in [0.05, 0.1) is 36.0 Å². The molecule has 1 atom stereocenters. The summed E-state index contributed by atoms with van der Waals surface area (Å²) in [5.74, 6) is -0.782. The number of alkyl halides is 3. The minimum absolute atomic E-state index is 0.358. The maximum absolute atomic E-state index is 13.0. The maximum atomic E-state index is 13.0. The van der Waals surface area contributed by atoms with E-state index in [9.17, 15) is 23.1 Å². The fourth-order valence-corrected chi connectivity index (χ4v) is 3.36. The Hall–Kier alpha value is -3.05. The van der Waals surface area contributed by atoms with Crippen molar-refractivity contribution >= 4 is 28.7 Å². The van der Waals surface area contributed by atoms with Crippen LogP contribution in [0.15, 0.2) is 30.3 Å². The minimum Gasteiger partial charge on any atom is -0.391 e. The Balaban J connectivity index is 2.01. The largest absolute Gasteiger partial charge is 0.433 e. The zero-order chi connectivity index (χ0) is 22.8. The van der Waals surface area contributed by atoms with E-state index in [0.717, 1.165) is 12.1 Å². The van der Waals surface area contributed by atoms with Gasteiger partial charge in [-0.15, -0.1) is 0 Å². The highest BCUT2D eigenvalue weighted by atomic mass is 19.4. The van der Waals surface area contributed by atoms with E-state index < -0.39 is 23.9 Å². The van der Waals surface area contributed by atoms with Crippen LogP contribution in [0.25, 0.3) is 0 Å². The molecule has 0 spiro atoms. The molecule has 1 fully saturated rings. The van der Waals surface area contributed by atoms with E-state index >= 15 is 0 Å². The van der Waals surface area contributed by atoms with Crippen molar-refractivity contribution < 1.29 is 27.9 Å². The standard InChI is InChI=1S/C20H24F3N5O3/c1-24-14-9-17(28-8-7-12(29)11-28)15(10-16(14)27(2)31-3)26-19(30)13-5-4-6-18(25-13)20(21,22)23/h4-6,9-10,12,24,29H,7-8,11H2,1-3H3,(H,26,30)/t12-/m1/s1. The first-order valence-corrected chi connectivity index (χ1v) is 9.56. The third-order valence-corrected chi connectivity index (χ3v) is 5.02. The van der Waals surface area contributed by atoms with Crippen molar-refractivity contribution in [3.63, 3.8) is 0 Å². The van der Waals surface area contributed by atoms with Gasteiger partial charge in [-0.1, -0.05) is 6.07 Å². The van der Waals surface area contributed by atoms with Crippen molar-refractivity contribution in [3.8, 4) is 0 Å². The number of rotatable bonds is 6. The summed E-state index contributed by atoms with van der Waals surface area (Å²) in [4.78, 5) is 23.4. The topological polar surface area (TPSA) is 90.0 Å². The van der Waals surface area contributed by atoms with Crippen molar-refractivity contribution in [1.82, 2.24) is 4.98 Å². The number of hydrogen-bond acceptors (Lipinski definition) is 7. The van der Waals surface area contributed by atoms with E-state index in [2.05, 4.69) is 15.6 Å². The number of carbonyl (C=O) groups excluding carboxylic acids is 1. The second kappa shape index (κ2) is 8.98. The SMILES string of the molecule is CNc1cc(N2CC[C@@H](O)C2)c(NC(=O)c2cccc(C(F)(F)F)n2)cc1N(C)OC. The van der Waals surface area contributed by atoms with E-state index in [-0.39, 0.29) is 5.69 Å². The van der Waals surface area contributed by atoms with Crippen LogP contribution in [0.3, 0.4) is 0 Å². The number of hydroxylamine groups is 1. The lowest BCUT2D eigenvalue weighted by Gasteiger charge is -2.27. The number of amides is 1. The van der Waals surface area contributed by atoms with Gasteiger partial charge in [0.2, 0.25) is 0 Å². The van der Waals surface area contributed by atoms with Crippen LogP contribution in [0.1, 0.15) is 22.6 Å². The Morgan fingerprint density at radius 3 is 2.65 bits per heavy atom. The van der Waals surface area contributed by atoms with Gasteiger partial charge in [0, 0.05) is 27.2 Å². The molecule has 3 N–H and O–H groups in total. The monoisotopic (exact) mass is 439 g/mol. The summed E-state index contributed by atoms with van der Waals surface area (Å²) in [6.45, 7) is 0.932. The molecular weight excluding hydrogens is 415 g/mol. The van der Waals surface area contributed by atoms with Crippen LogP contribution in [0.4, 0.5) is 35.9 Å². The number of nitrogens with one attached hydrogen (secondary N) is 2. The van der Waals surface area contributed by atoms with Gasteiger partial charge >= 0.3 is 6.18 Å². The summed E-state index contributed by atoms with van der Waals surface area (Å²) in [6, 6.07) is 6.60. The number of halogens is 3. The molecular formula is C20H24F3N5O3. The highest BCUT2D eigenvalue weighted by molar-refractivity contribution is 6.05. The zero-order valence-electron chi connectivity index (χ0n) is 17.3. The second-order valence-electron chi connectivity index (χ2n) is 7.07. The molecule has 1 saturated heterocycles. The van der Waals surface area contributed by atoms with E-state index in [1.807, 2.05) is 4.90 Å². The Kier molecular flexibility index (Phi) is 6.56. The van der Waals surface area contributed by atoms with Crippen LogP contribution in [0.5, 0.6) is 0 Å². The molecule has 1 amide bonds. The fourth-order valence-electron chi connectivity index (χ4n) is 3.36. The predicted molar refractivity (Wildman–Crippen MR) is 111 cm³/mol. The summed E-state index contributed by atoms with van der Waals surface area (Å²) in [6.07, 6.45) is -4.60. The van der Waals surface area contributed by atoms with Gasteiger partial charge in [-0.2, -0.15) is 13.2 Å². The molecule has 1 aliphatic rings. The van der Waals surface area contributed by atoms with Crippen molar-refractivity contribution in [2.45, 2.75) is 18.7 Å². The van der Waals surface area contributed by atoms with Crippen molar-refractivity contribution in [2.24, 2.45) is 0 Å². The number of hydrogen-bond donors (Lipinski definition) is 3. The lowest BCUT2D eigenvalue weighted by Crippen LogP contribution is -2.25. The molecule has 0 aliphatic carbocycles. The molecule has 2 aromatic rings. The van der Waals surface area contributed by atoms with Gasteiger partial charge in [-0.05, 0) is 30.7 Å². The number of aliphatic hydroxyl groups is 1. The molecule has 1 aromatic carbocycles. The number of benzene rings is 1. The average molecular weight is 439 g/mol. The summed E-state index contributed by atoms with van der Waals surface area (Å²) in [5, 5.41) is 17.1. The second-order valence-corrected chi connectivity index (χ2v) is 7.07. The predicted octanol–water partition coefficient (Wildman–Crippen LogP) is 2.96. The van der Waals surface area contributed by atoms with Gasteiger partial charge in [0.15, 0.2) is 0 Å². The van der Waals surface area contributed by atoms with Crippen LogP contribution >= 0.6 is 0 Å². The van der Waals surface area contributed by atoms with Crippen LogP contribution in [0, 0.1) is 0 Å². The molecule has 2 heterocycles.